The van der Waals surface area contributed by atoms with Gasteiger partial charge < -0.3 is 0 Å². The van der Waals surface area contributed by atoms with E-state index in [4.69, 9.17) is 0 Å². The molecule has 2 N–H and O–H groups in total. The summed E-state index contributed by atoms with van der Waals surface area (Å²) in [5.74, 6) is 0. The SMILES string of the molecule is Cc1ccc(S(=O)(=O)Nc2c(C)[nH]n(-c3ccccc3)c2=O)cc1. The van der Waals surface area contributed by atoms with Crippen LogP contribution in [0, 0.1) is 13.8 Å². The first-order chi connectivity index (χ1) is 11.4. The second kappa shape index (κ2) is 6.01. The van der Waals surface area contributed by atoms with Gasteiger partial charge in [-0.1, -0.05) is 35.9 Å². The van der Waals surface area contributed by atoms with Gasteiger partial charge in [-0.2, -0.15) is 0 Å². The van der Waals surface area contributed by atoms with Gasteiger partial charge in [0.15, 0.2) is 0 Å². The summed E-state index contributed by atoms with van der Waals surface area (Å²) in [6, 6.07) is 15.4. The Morgan fingerprint density at radius 1 is 0.958 bits per heavy atom. The van der Waals surface area contributed by atoms with Crippen LogP contribution < -0.4 is 10.3 Å². The summed E-state index contributed by atoms with van der Waals surface area (Å²) in [4.78, 5) is 12.7. The zero-order valence-corrected chi connectivity index (χ0v) is 14.1. The Hall–Kier alpha value is -2.80. The molecule has 0 atom stereocenters. The molecule has 1 aromatic heterocycles. The fraction of sp³-hybridized carbons (Fsp3) is 0.118. The second-order valence-corrected chi connectivity index (χ2v) is 7.19. The van der Waals surface area contributed by atoms with Crippen molar-refractivity contribution in [2.45, 2.75) is 18.7 Å². The van der Waals surface area contributed by atoms with Crippen molar-refractivity contribution in [2.75, 3.05) is 4.72 Å². The Balaban J connectivity index is 2.01. The molecule has 0 aliphatic carbocycles. The Morgan fingerprint density at radius 3 is 2.21 bits per heavy atom. The summed E-state index contributed by atoms with van der Waals surface area (Å²) in [6.07, 6.45) is 0. The molecule has 0 amide bonds. The first kappa shape index (κ1) is 16.1. The summed E-state index contributed by atoms with van der Waals surface area (Å²) in [5, 5.41) is 2.89. The van der Waals surface area contributed by atoms with E-state index < -0.39 is 15.6 Å². The number of hydrogen-bond donors (Lipinski definition) is 2. The molecule has 0 radical (unpaired) electrons. The molecule has 0 fully saturated rings. The fourth-order valence-corrected chi connectivity index (χ4v) is 3.46. The lowest BCUT2D eigenvalue weighted by Gasteiger charge is -2.06. The number of nitrogens with zero attached hydrogens (tertiary/aromatic N) is 1. The van der Waals surface area contributed by atoms with Crippen molar-refractivity contribution in [3.05, 3.63) is 76.2 Å². The molecule has 0 saturated heterocycles. The van der Waals surface area contributed by atoms with Gasteiger partial charge in [0.2, 0.25) is 0 Å². The van der Waals surface area contributed by atoms with Crippen molar-refractivity contribution in [2.24, 2.45) is 0 Å². The predicted octanol–water partition coefficient (Wildman–Crippen LogP) is 2.58. The van der Waals surface area contributed by atoms with Crippen LogP contribution in [0.1, 0.15) is 11.3 Å². The highest BCUT2D eigenvalue weighted by atomic mass is 32.2. The van der Waals surface area contributed by atoms with Crippen LogP contribution in [0.25, 0.3) is 5.69 Å². The Bertz CT molecular complexity index is 1020. The number of hydrogen-bond acceptors (Lipinski definition) is 3. The van der Waals surface area contributed by atoms with E-state index in [1.54, 1.807) is 43.3 Å². The number of aromatic nitrogens is 2. The average molecular weight is 343 g/mol. The molecule has 2 aromatic carbocycles. The van der Waals surface area contributed by atoms with Gasteiger partial charge in [-0.3, -0.25) is 14.6 Å². The smallest absolute Gasteiger partial charge is 0.293 e. The number of sulfonamides is 1. The maximum Gasteiger partial charge on any atom is 0.295 e. The largest absolute Gasteiger partial charge is 0.295 e. The number of aryl methyl sites for hydroxylation is 2. The summed E-state index contributed by atoms with van der Waals surface area (Å²) < 4.78 is 28.7. The lowest BCUT2D eigenvalue weighted by molar-refractivity contribution is 0.601. The number of para-hydroxylation sites is 1. The van der Waals surface area contributed by atoms with E-state index in [1.807, 2.05) is 13.0 Å². The number of H-pyrrole nitrogens is 1. The molecule has 6 nitrogen and oxygen atoms in total. The van der Waals surface area contributed by atoms with Crippen LogP contribution in [0.4, 0.5) is 5.69 Å². The molecular weight excluding hydrogens is 326 g/mol. The summed E-state index contributed by atoms with van der Waals surface area (Å²) in [6.45, 7) is 3.52. The van der Waals surface area contributed by atoms with Crippen LogP contribution in [-0.2, 0) is 10.0 Å². The van der Waals surface area contributed by atoms with Crippen LogP contribution in [0.5, 0.6) is 0 Å². The van der Waals surface area contributed by atoms with Crippen molar-refractivity contribution < 1.29 is 8.42 Å². The summed E-state index contributed by atoms with van der Waals surface area (Å²) in [5.41, 5.74) is 1.60. The summed E-state index contributed by atoms with van der Waals surface area (Å²) >= 11 is 0. The lowest BCUT2D eigenvalue weighted by atomic mass is 10.2. The van der Waals surface area contributed by atoms with Gasteiger partial charge in [0, 0.05) is 0 Å². The zero-order chi connectivity index (χ0) is 17.3. The number of anilines is 1. The second-order valence-electron chi connectivity index (χ2n) is 5.51. The molecule has 0 bridgehead atoms. The van der Waals surface area contributed by atoms with Gasteiger partial charge in [0.05, 0.1) is 16.3 Å². The van der Waals surface area contributed by atoms with Crippen molar-refractivity contribution in [1.82, 2.24) is 9.78 Å². The van der Waals surface area contributed by atoms with Crippen molar-refractivity contribution in [3.63, 3.8) is 0 Å². The minimum absolute atomic E-state index is 0.0134. The molecular formula is C17H17N3O3S. The number of benzene rings is 2. The van der Waals surface area contributed by atoms with Gasteiger partial charge in [-0.25, -0.2) is 13.1 Å². The van der Waals surface area contributed by atoms with E-state index in [-0.39, 0.29) is 10.6 Å². The van der Waals surface area contributed by atoms with Gasteiger partial charge in [-0.15, -0.1) is 0 Å². The molecule has 0 saturated carbocycles. The molecule has 124 valence electrons. The topological polar surface area (TPSA) is 84.0 Å². The minimum Gasteiger partial charge on any atom is -0.293 e. The van der Waals surface area contributed by atoms with E-state index >= 15 is 0 Å². The lowest BCUT2D eigenvalue weighted by Crippen LogP contribution is -2.21. The van der Waals surface area contributed by atoms with Crippen molar-refractivity contribution in [3.8, 4) is 5.69 Å². The highest BCUT2D eigenvalue weighted by Gasteiger charge is 2.20. The third-order valence-corrected chi connectivity index (χ3v) is 5.02. The normalized spacial score (nSPS) is 11.4. The van der Waals surface area contributed by atoms with Gasteiger partial charge in [0.1, 0.15) is 5.69 Å². The van der Waals surface area contributed by atoms with Crippen LogP contribution in [0.3, 0.4) is 0 Å². The standard InChI is InChI=1S/C17H17N3O3S/c1-12-8-10-15(11-9-12)24(22,23)19-16-13(2)18-20(17(16)21)14-6-4-3-5-7-14/h3-11,18-19H,1-2H3. The molecule has 3 aromatic rings. The number of rotatable bonds is 4. The fourth-order valence-electron chi connectivity index (χ4n) is 2.34. The Labute approximate surface area is 139 Å². The highest BCUT2D eigenvalue weighted by Crippen LogP contribution is 2.17. The molecule has 3 rings (SSSR count). The number of nitrogens with one attached hydrogen (secondary N) is 2. The Morgan fingerprint density at radius 2 is 1.58 bits per heavy atom. The van der Waals surface area contributed by atoms with Gasteiger partial charge in [-0.05, 0) is 38.1 Å². The van der Waals surface area contributed by atoms with E-state index in [9.17, 15) is 13.2 Å². The number of aromatic amines is 1. The average Bonchev–Trinajstić information content (AvgIpc) is 2.84. The maximum absolute atomic E-state index is 12.6. The Kier molecular flexibility index (Phi) is 4.02. The van der Waals surface area contributed by atoms with Crippen molar-refractivity contribution in [1.29, 1.82) is 0 Å². The maximum atomic E-state index is 12.6. The molecule has 1 heterocycles. The van der Waals surface area contributed by atoms with Gasteiger partial charge >= 0.3 is 0 Å². The van der Waals surface area contributed by atoms with Crippen LogP contribution in [-0.4, -0.2) is 18.2 Å². The molecule has 7 heteroatoms. The first-order valence-corrected chi connectivity index (χ1v) is 8.83. The van der Waals surface area contributed by atoms with E-state index in [0.717, 1.165) is 5.56 Å². The molecule has 0 aliphatic heterocycles. The van der Waals surface area contributed by atoms with E-state index in [2.05, 4.69) is 9.82 Å². The molecule has 0 aliphatic rings. The van der Waals surface area contributed by atoms with Crippen molar-refractivity contribution >= 4 is 15.7 Å². The minimum atomic E-state index is -3.83. The zero-order valence-electron chi connectivity index (χ0n) is 13.3. The van der Waals surface area contributed by atoms with Gasteiger partial charge in [0.25, 0.3) is 15.6 Å². The third-order valence-electron chi connectivity index (χ3n) is 3.65. The molecule has 0 unspecified atom stereocenters. The van der Waals surface area contributed by atoms with E-state index in [1.165, 1.54) is 16.8 Å². The first-order valence-electron chi connectivity index (χ1n) is 7.35. The van der Waals surface area contributed by atoms with Crippen LogP contribution >= 0.6 is 0 Å². The summed E-state index contributed by atoms with van der Waals surface area (Å²) in [7, 11) is -3.83. The van der Waals surface area contributed by atoms with E-state index in [0.29, 0.717) is 11.4 Å². The predicted molar refractivity (Wildman–Crippen MR) is 93.1 cm³/mol. The van der Waals surface area contributed by atoms with Crippen LogP contribution in [0.15, 0.2) is 64.3 Å². The molecule has 24 heavy (non-hydrogen) atoms. The highest BCUT2D eigenvalue weighted by molar-refractivity contribution is 7.92. The van der Waals surface area contributed by atoms with Crippen LogP contribution in [0.2, 0.25) is 0 Å². The third kappa shape index (κ3) is 2.98. The molecule has 0 spiro atoms. The quantitative estimate of drug-likeness (QED) is 0.764. The monoisotopic (exact) mass is 343 g/mol.